The first kappa shape index (κ1) is 85.2. The van der Waals surface area contributed by atoms with Gasteiger partial charge in [-0.05, 0) is 319 Å². The maximum absolute atomic E-state index is 6.49. The number of aromatic nitrogens is 4. The molecule has 690 valence electrons. The van der Waals surface area contributed by atoms with E-state index >= 15 is 0 Å². The van der Waals surface area contributed by atoms with Crippen LogP contribution in [0.2, 0.25) is 0 Å². The first-order chi connectivity index (χ1) is 73.8. The lowest BCUT2D eigenvalue weighted by Gasteiger charge is -2.15. The average Bonchev–Trinajstić information content (AvgIpc) is 1.31. The Bertz CT molecular complexity index is 10800. The van der Waals surface area contributed by atoms with Crippen molar-refractivity contribution in [1.82, 2.24) is 19.9 Å². The summed E-state index contributed by atoms with van der Waals surface area (Å²) >= 11 is 1.79. The highest BCUT2D eigenvalue weighted by Crippen LogP contribution is 2.50. The van der Waals surface area contributed by atoms with Gasteiger partial charge in [-0.25, -0.2) is 15.0 Å². The summed E-state index contributed by atoms with van der Waals surface area (Å²) in [7, 11) is 0. The Morgan fingerprint density at radius 2 is 0.470 bits per heavy atom. The maximum atomic E-state index is 6.49. The van der Waals surface area contributed by atoms with Crippen molar-refractivity contribution < 1.29 is 8.83 Å². The van der Waals surface area contributed by atoms with Crippen molar-refractivity contribution in [1.29, 1.82) is 0 Å². The topological polar surface area (TPSA) is 77.8 Å². The summed E-state index contributed by atoms with van der Waals surface area (Å²) in [5.74, 6) is 1.17. The fraction of sp³-hybridized carbons (Fsp3) is 0. The molecule has 0 fully saturated rings. The molecule has 0 N–H and O–H groups in total. The largest absolute Gasteiger partial charge is 0.435 e. The number of hydrogen-bond acceptors (Lipinski definition) is 7. The van der Waals surface area contributed by atoms with Gasteiger partial charge < -0.3 is 8.83 Å². The third-order valence-corrected chi connectivity index (χ3v) is 32.0. The third kappa shape index (κ3) is 14.2. The van der Waals surface area contributed by atoms with Gasteiger partial charge in [-0.2, -0.15) is 0 Å². The fourth-order valence-corrected chi connectivity index (χ4v) is 25.0. The zero-order valence-electron chi connectivity index (χ0n) is 80.5. The van der Waals surface area contributed by atoms with Crippen LogP contribution in [0.4, 0.5) is 0 Å². The number of hydrogen-bond donors (Lipinski definition) is 0. The van der Waals surface area contributed by atoms with Gasteiger partial charge in [0.25, 0.3) is 0 Å². The van der Waals surface area contributed by atoms with Crippen LogP contribution in [0.15, 0.2) is 519 Å². The smallest absolute Gasteiger partial charge is 0.246 e. The van der Waals surface area contributed by atoms with Crippen molar-refractivity contribution >= 4 is 227 Å². The predicted molar refractivity (Wildman–Crippen MR) is 632 cm³/mol. The van der Waals surface area contributed by atoms with Gasteiger partial charge in [-0.15, -0.1) is 11.3 Å². The van der Waals surface area contributed by atoms with Crippen LogP contribution in [-0.4, -0.2) is 19.9 Å². The molecule has 0 amide bonds. The lowest BCUT2D eigenvalue weighted by Crippen LogP contribution is -1.88. The molecule has 0 aliphatic heterocycles. The lowest BCUT2D eigenvalue weighted by atomic mass is 9.88. The predicted octanol–water partition coefficient (Wildman–Crippen LogP) is 40.0. The van der Waals surface area contributed by atoms with E-state index in [1.54, 1.807) is 17.5 Å². The van der Waals surface area contributed by atoms with E-state index in [2.05, 4.69) is 454 Å². The molecule has 0 bridgehead atoms. The molecular weight excluding hydrogens is 1830 g/mol. The lowest BCUT2D eigenvalue weighted by molar-refractivity contribution is 0.620. The van der Waals surface area contributed by atoms with Gasteiger partial charge in [-0.1, -0.05) is 419 Å². The Hall–Kier alpha value is -19.4. The Morgan fingerprint density at radius 1 is 0.161 bits per heavy atom. The van der Waals surface area contributed by atoms with Crippen LogP contribution < -0.4 is 0 Å². The molecule has 6 nitrogen and oxygen atoms in total. The van der Waals surface area contributed by atoms with Crippen molar-refractivity contribution in [2.75, 3.05) is 0 Å². The minimum atomic E-state index is 0.530. The van der Waals surface area contributed by atoms with Crippen LogP contribution in [-0.2, 0) is 0 Å². The number of benzene rings is 28. The van der Waals surface area contributed by atoms with E-state index in [-0.39, 0.29) is 0 Å². The second-order valence-electron chi connectivity index (χ2n) is 39.1. The SMILES string of the molecule is c1ccc(-c2nc3ccc4ccc5ccc(-c6ccc(-c7ccc8c9ccccc9c9ccccc9c8c7)c7ccccc67)cc5c4c3o2)nc1.c1ccc(-c2nc3ccc4ccc5ccc(-c6cccc(-c7cc8c9ccccc9ccc8c8ccccc78)c6)cc5c4c3o2)cc1.c1ccc(-c2nc3ccc4ccc5ccc(-c6cccc7c(-c8ccc9c%10ccccc%10c%10ccccc%10c9c8)cccc67)cc5c4c3s2)cc1. The molecule has 0 spiro atoms. The highest BCUT2D eigenvalue weighted by atomic mass is 32.1. The monoisotopic (exact) mass is 1910 g/mol. The molecule has 0 aliphatic rings. The van der Waals surface area contributed by atoms with Gasteiger partial charge in [0.1, 0.15) is 21.7 Å². The summed E-state index contributed by atoms with van der Waals surface area (Å²) in [6.07, 6.45) is 1.77. The Balaban J connectivity index is 0.000000103. The zero-order chi connectivity index (χ0) is 97.8. The van der Waals surface area contributed by atoms with Gasteiger partial charge in [-0.3, -0.25) is 4.98 Å². The first-order valence-corrected chi connectivity index (χ1v) is 51.6. The Labute approximate surface area is 859 Å². The number of fused-ring (bicyclic) bond motifs is 34. The van der Waals surface area contributed by atoms with E-state index in [9.17, 15) is 0 Å². The Kier molecular flexibility index (Phi) is 19.8. The average molecular weight is 1910 g/mol. The summed E-state index contributed by atoms with van der Waals surface area (Å²) in [5.41, 5.74) is 21.8. The molecule has 28 aromatic carbocycles. The molecule has 32 aromatic rings. The van der Waals surface area contributed by atoms with Crippen LogP contribution in [0.1, 0.15) is 0 Å². The molecule has 32 rings (SSSR count). The van der Waals surface area contributed by atoms with Crippen LogP contribution in [0.3, 0.4) is 0 Å². The van der Waals surface area contributed by atoms with Gasteiger partial charge in [0.15, 0.2) is 11.2 Å². The molecule has 149 heavy (non-hydrogen) atoms. The summed E-state index contributed by atoms with van der Waals surface area (Å²) in [6, 6.07) is 182. The molecule has 0 saturated carbocycles. The van der Waals surface area contributed by atoms with Gasteiger partial charge in [0.05, 0.1) is 10.2 Å². The van der Waals surface area contributed by atoms with Crippen LogP contribution in [0, 0.1) is 0 Å². The van der Waals surface area contributed by atoms with Gasteiger partial charge in [0.2, 0.25) is 11.8 Å². The van der Waals surface area contributed by atoms with E-state index in [0.717, 1.165) is 92.8 Å². The highest BCUT2D eigenvalue weighted by Gasteiger charge is 2.24. The second kappa shape index (κ2) is 34.7. The van der Waals surface area contributed by atoms with Crippen LogP contribution in [0.25, 0.3) is 316 Å². The third-order valence-electron chi connectivity index (χ3n) is 30.8. The number of nitrogens with zero attached hydrogens (tertiary/aromatic N) is 4. The van der Waals surface area contributed by atoms with Crippen molar-refractivity contribution in [3.63, 3.8) is 0 Å². The Morgan fingerprint density at radius 3 is 0.987 bits per heavy atom. The standard InChI is InChI=1S/C49H29NS.C48H28N2O.C45H27NO/c1-2-10-32(11-3-1)49-50-46-27-25-31-22-20-30-21-23-33(28-44(30)47(31)48(46)51-49)35-16-8-19-38-36(17-9-18-37(35)38)34-24-26-43-41-14-5-4-12-39(41)40-13-6-7-15-42(40)45(43)29-34;1-2-10-36-34(32-20-22-41-39-13-4-3-11-37(39)38-12-5-6-14-40(38)43(41)28-32)24-23-33(35(36)9-1)31-19-17-29-16-18-30-21-25-44-47(46(30)42(29)27-31)51-48(50-44)45-15-7-8-26-49-45;1-2-10-31(11-3-1)45-46-42-24-22-30-19-17-29-18-20-33(26-40(29)43(30)44(42)47-45)32-12-8-13-34(25-32)39-27-41-35-14-5-4-9-28(35)21-23-38(41)36-15-6-7-16-37(36)39/h1-29H;1-28H;1-27H. The minimum Gasteiger partial charge on any atom is -0.435 e. The minimum absolute atomic E-state index is 0.530. The summed E-state index contributed by atoms with van der Waals surface area (Å²) in [6.45, 7) is 0. The zero-order valence-corrected chi connectivity index (χ0v) is 81.3. The van der Waals surface area contributed by atoms with E-state index in [1.165, 1.54) is 211 Å². The van der Waals surface area contributed by atoms with E-state index < -0.39 is 0 Å². The summed E-state index contributed by atoms with van der Waals surface area (Å²) in [4.78, 5) is 19.2. The normalized spacial score (nSPS) is 11.9. The van der Waals surface area contributed by atoms with Gasteiger partial charge >= 0.3 is 0 Å². The molecule has 0 atom stereocenters. The van der Waals surface area contributed by atoms with E-state index in [1.807, 2.05) is 54.6 Å². The van der Waals surface area contributed by atoms with Crippen LogP contribution >= 0.6 is 11.3 Å². The maximum Gasteiger partial charge on any atom is 0.246 e. The highest BCUT2D eigenvalue weighted by molar-refractivity contribution is 7.22. The molecule has 0 radical (unpaired) electrons. The number of pyridine rings is 1. The molecule has 0 aliphatic carbocycles. The van der Waals surface area contributed by atoms with E-state index in [4.69, 9.17) is 23.8 Å². The quantitative estimate of drug-likeness (QED) is 0.134. The molecular formula is C142H84N4O2S. The number of rotatable bonds is 9. The van der Waals surface area contributed by atoms with E-state index in [0.29, 0.717) is 11.8 Å². The fourth-order valence-electron chi connectivity index (χ4n) is 23.8. The molecule has 0 saturated heterocycles. The van der Waals surface area contributed by atoms with Crippen molar-refractivity contribution in [3.8, 4) is 100 Å². The van der Waals surface area contributed by atoms with Gasteiger partial charge in [0, 0.05) is 33.5 Å². The summed E-state index contributed by atoms with van der Waals surface area (Å²) in [5, 5.41) is 43.3. The van der Waals surface area contributed by atoms with Crippen molar-refractivity contribution in [3.05, 3.63) is 510 Å². The van der Waals surface area contributed by atoms with Crippen molar-refractivity contribution in [2.45, 2.75) is 0 Å². The van der Waals surface area contributed by atoms with Crippen molar-refractivity contribution in [2.24, 2.45) is 0 Å². The number of thiazole rings is 1. The molecule has 0 unspecified atom stereocenters. The molecule has 4 heterocycles. The molecule has 7 heteroatoms. The summed E-state index contributed by atoms with van der Waals surface area (Å²) < 4.78 is 14.2. The number of oxazole rings is 2. The second-order valence-corrected chi connectivity index (χ2v) is 40.1. The molecule has 4 aromatic heterocycles. The first-order valence-electron chi connectivity index (χ1n) is 50.8. The van der Waals surface area contributed by atoms with Crippen LogP contribution in [0.5, 0.6) is 0 Å².